The molecule has 0 radical (unpaired) electrons. The third-order valence-corrected chi connectivity index (χ3v) is 6.38. The van der Waals surface area contributed by atoms with Crippen LogP contribution in [0.5, 0.6) is 11.5 Å². The average Bonchev–Trinajstić information content (AvgIpc) is 3.37. The van der Waals surface area contributed by atoms with Crippen molar-refractivity contribution in [2.24, 2.45) is 0 Å². The lowest BCUT2D eigenvalue weighted by Gasteiger charge is -2.21. The molecule has 0 fully saturated rings. The number of halogens is 4. The maximum absolute atomic E-state index is 14.0. The van der Waals surface area contributed by atoms with Gasteiger partial charge in [-0.25, -0.2) is 0 Å². The first-order chi connectivity index (χ1) is 20.1. The van der Waals surface area contributed by atoms with Gasteiger partial charge < -0.3 is 24.3 Å². The molecule has 0 saturated heterocycles. The van der Waals surface area contributed by atoms with Gasteiger partial charge in [0.15, 0.2) is 0 Å². The minimum Gasteiger partial charge on any atom is -0.497 e. The normalized spacial score (nSPS) is 12.1. The van der Waals surface area contributed by atoms with Gasteiger partial charge >= 0.3 is 12.3 Å². The molecule has 8 nitrogen and oxygen atoms in total. The van der Waals surface area contributed by atoms with E-state index < -0.39 is 24.1 Å². The Hall–Kier alpha value is -4.22. The second kappa shape index (κ2) is 13.6. The van der Waals surface area contributed by atoms with Crippen molar-refractivity contribution < 1.29 is 41.7 Å². The van der Waals surface area contributed by atoms with Crippen LogP contribution in [0, 0.1) is 0 Å². The third-order valence-electron chi connectivity index (χ3n) is 6.12. The van der Waals surface area contributed by atoms with Crippen molar-refractivity contribution >= 4 is 40.1 Å². The molecule has 1 N–H and O–H groups in total. The molecule has 1 unspecified atom stereocenters. The zero-order chi connectivity index (χ0) is 30.3. The molecule has 222 valence electrons. The van der Waals surface area contributed by atoms with Gasteiger partial charge in [0.2, 0.25) is 0 Å². The zero-order valence-electron chi connectivity index (χ0n) is 22.7. The van der Waals surface area contributed by atoms with Gasteiger partial charge in [-0.3, -0.25) is 14.2 Å². The minimum absolute atomic E-state index is 0.108. The average molecular weight is 605 g/mol. The summed E-state index contributed by atoms with van der Waals surface area (Å²) in [5, 5.41) is 4.25. The number of nitrogens with one attached hydrogen (secondary N) is 1. The van der Waals surface area contributed by atoms with Crippen molar-refractivity contribution in [3.05, 3.63) is 89.1 Å². The number of hydrogen-bond acceptors (Lipinski definition) is 7. The zero-order valence-corrected chi connectivity index (χ0v) is 23.5. The Morgan fingerprint density at radius 2 is 1.76 bits per heavy atom. The lowest BCUT2D eigenvalue weighted by atomic mass is 10.0. The largest absolute Gasteiger partial charge is 0.573 e. The molecule has 0 aliphatic carbocycles. The van der Waals surface area contributed by atoms with Gasteiger partial charge in [-0.1, -0.05) is 23.7 Å². The Morgan fingerprint density at radius 1 is 1.00 bits per heavy atom. The molecule has 0 amide bonds. The highest BCUT2D eigenvalue weighted by atomic mass is 35.5. The van der Waals surface area contributed by atoms with Crippen LogP contribution < -0.4 is 14.8 Å². The van der Waals surface area contributed by atoms with Crippen LogP contribution in [-0.2, 0) is 20.9 Å². The molecule has 0 bridgehead atoms. The van der Waals surface area contributed by atoms with Crippen LogP contribution >= 0.6 is 11.6 Å². The molecule has 0 saturated carbocycles. The minimum atomic E-state index is -4.88. The molecule has 1 heterocycles. The predicted molar refractivity (Wildman–Crippen MR) is 151 cm³/mol. The topological polar surface area (TPSA) is 88.0 Å². The summed E-state index contributed by atoms with van der Waals surface area (Å²) in [5.74, 6) is -0.776. The first-order valence-electron chi connectivity index (χ1n) is 12.9. The van der Waals surface area contributed by atoms with Gasteiger partial charge in [-0.15, -0.1) is 13.2 Å². The van der Waals surface area contributed by atoms with E-state index in [0.717, 1.165) is 6.07 Å². The van der Waals surface area contributed by atoms with Crippen molar-refractivity contribution in [1.82, 2.24) is 4.57 Å². The Bertz CT molecular complexity index is 1540. The summed E-state index contributed by atoms with van der Waals surface area (Å²) in [7, 11) is 1.50. The number of carbonyl (C=O) groups excluding carboxylic acids is 2. The second-order valence-electron chi connectivity index (χ2n) is 9.10. The Labute approximate surface area is 244 Å². The monoisotopic (exact) mass is 604 g/mol. The number of nitrogens with zero attached hydrogens (tertiary/aromatic N) is 1. The van der Waals surface area contributed by atoms with Crippen LogP contribution in [0.2, 0.25) is 5.02 Å². The SMILES string of the molecule is CCOC(=O)CCOCc1cc(NC(C(=O)n2ccc3ccc(OC(F)(F)F)cc32)c2ccc(Cl)cc2)cc(OC)c1. The Balaban J connectivity index is 1.63. The summed E-state index contributed by atoms with van der Waals surface area (Å²) >= 11 is 6.09. The number of methoxy groups -OCH3 is 1. The van der Waals surface area contributed by atoms with Gasteiger partial charge in [-0.05, 0) is 60.5 Å². The van der Waals surface area contributed by atoms with E-state index >= 15 is 0 Å². The quantitative estimate of drug-likeness (QED) is 0.136. The molecule has 3 aromatic carbocycles. The van der Waals surface area contributed by atoms with E-state index in [0.29, 0.717) is 39.6 Å². The molecule has 1 aromatic heterocycles. The lowest BCUT2D eigenvalue weighted by Crippen LogP contribution is -2.26. The molecule has 0 spiro atoms. The van der Waals surface area contributed by atoms with E-state index in [9.17, 15) is 22.8 Å². The maximum atomic E-state index is 14.0. The van der Waals surface area contributed by atoms with Crippen molar-refractivity contribution in [3.63, 3.8) is 0 Å². The molecular weight excluding hydrogens is 577 g/mol. The number of esters is 1. The van der Waals surface area contributed by atoms with Gasteiger partial charge in [0, 0.05) is 34.4 Å². The van der Waals surface area contributed by atoms with Crippen LogP contribution in [0.15, 0.2) is 72.9 Å². The fourth-order valence-electron chi connectivity index (χ4n) is 4.27. The Kier molecular flexibility index (Phi) is 9.97. The molecule has 1 atom stereocenters. The fourth-order valence-corrected chi connectivity index (χ4v) is 4.40. The molecule has 0 aliphatic heterocycles. The van der Waals surface area contributed by atoms with E-state index in [4.69, 9.17) is 25.8 Å². The smallest absolute Gasteiger partial charge is 0.497 e. The molecule has 4 rings (SSSR count). The van der Waals surface area contributed by atoms with E-state index in [1.54, 1.807) is 55.5 Å². The van der Waals surface area contributed by atoms with E-state index in [2.05, 4.69) is 10.1 Å². The highest BCUT2D eigenvalue weighted by Crippen LogP contribution is 2.31. The number of ether oxygens (including phenoxy) is 4. The van der Waals surface area contributed by atoms with Crippen LogP contribution in [0.4, 0.5) is 18.9 Å². The van der Waals surface area contributed by atoms with Gasteiger partial charge in [0.05, 0.1) is 38.9 Å². The number of aromatic nitrogens is 1. The van der Waals surface area contributed by atoms with Crippen LogP contribution in [0.3, 0.4) is 0 Å². The lowest BCUT2D eigenvalue weighted by molar-refractivity contribution is -0.274. The standard InChI is InChI=1S/C30H28ClF3N2O6/c1-3-41-27(37)11-13-40-18-19-14-23(16-25(15-19)39-2)35-28(21-4-7-22(31)8-5-21)29(38)36-12-10-20-6-9-24(17-26(20)36)42-30(32,33)34/h4-10,12,14-17,28,35H,3,11,13,18H2,1-2H3. The molecular formula is C30H28ClF3N2O6. The van der Waals surface area contributed by atoms with Gasteiger partial charge in [0.25, 0.3) is 5.91 Å². The van der Waals surface area contributed by atoms with Crippen LogP contribution in [0.25, 0.3) is 10.9 Å². The van der Waals surface area contributed by atoms with E-state index in [-0.39, 0.29) is 31.1 Å². The highest BCUT2D eigenvalue weighted by molar-refractivity contribution is 6.30. The number of fused-ring (bicyclic) bond motifs is 1. The molecule has 4 aromatic rings. The fraction of sp³-hybridized carbons (Fsp3) is 0.267. The number of anilines is 1. The van der Waals surface area contributed by atoms with E-state index in [1.807, 2.05) is 0 Å². The predicted octanol–water partition coefficient (Wildman–Crippen LogP) is 7.17. The Morgan fingerprint density at radius 3 is 2.45 bits per heavy atom. The van der Waals surface area contributed by atoms with Crippen molar-refractivity contribution in [2.75, 3.05) is 25.6 Å². The van der Waals surface area contributed by atoms with Crippen molar-refractivity contribution in [1.29, 1.82) is 0 Å². The summed E-state index contributed by atoms with van der Waals surface area (Å²) in [6.45, 7) is 2.34. The summed E-state index contributed by atoms with van der Waals surface area (Å²) in [6.07, 6.45) is -3.28. The number of carbonyl (C=O) groups is 2. The first kappa shape index (κ1) is 30.7. The summed E-state index contributed by atoms with van der Waals surface area (Å²) < 4.78 is 59.9. The molecule has 12 heteroatoms. The van der Waals surface area contributed by atoms with E-state index in [1.165, 1.54) is 30.0 Å². The molecule has 0 aliphatic rings. The second-order valence-corrected chi connectivity index (χ2v) is 9.54. The van der Waals surface area contributed by atoms with Crippen LogP contribution in [0.1, 0.15) is 35.3 Å². The summed E-state index contributed by atoms with van der Waals surface area (Å²) in [6, 6.07) is 16.3. The third kappa shape index (κ3) is 8.17. The van der Waals surface area contributed by atoms with Crippen molar-refractivity contribution in [3.8, 4) is 11.5 Å². The number of alkyl halides is 3. The van der Waals surface area contributed by atoms with Crippen LogP contribution in [-0.4, -0.2) is 43.1 Å². The maximum Gasteiger partial charge on any atom is 0.573 e. The highest BCUT2D eigenvalue weighted by Gasteiger charge is 2.31. The molecule has 42 heavy (non-hydrogen) atoms. The van der Waals surface area contributed by atoms with Crippen molar-refractivity contribution in [2.45, 2.75) is 32.4 Å². The number of benzene rings is 3. The summed E-state index contributed by atoms with van der Waals surface area (Å²) in [4.78, 5) is 25.6. The number of hydrogen-bond donors (Lipinski definition) is 1. The summed E-state index contributed by atoms with van der Waals surface area (Å²) in [5.41, 5.74) is 2.03. The van der Waals surface area contributed by atoms with Gasteiger partial charge in [0.1, 0.15) is 17.5 Å². The van der Waals surface area contributed by atoms with Gasteiger partial charge in [-0.2, -0.15) is 0 Å². The first-order valence-corrected chi connectivity index (χ1v) is 13.3. The number of rotatable bonds is 12.